The van der Waals surface area contributed by atoms with Gasteiger partial charge >= 0.3 is 6.09 Å². The number of nitrogens with zero attached hydrogens (tertiary/aromatic N) is 2. The van der Waals surface area contributed by atoms with E-state index in [0.717, 1.165) is 38.6 Å². The van der Waals surface area contributed by atoms with Gasteiger partial charge in [0.2, 0.25) is 5.91 Å². The highest BCUT2D eigenvalue weighted by molar-refractivity contribution is 5.86. The van der Waals surface area contributed by atoms with Crippen molar-refractivity contribution in [3.63, 3.8) is 0 Å². The average Bonchev–Trinajstić information content (AvgIpc) is 3.16. The van der Waals surface area contributed by atoms with Crippen LogP contribution in [-0.4, -0.2) is 53.0 Å². The molecule has 4 rings (SSSR count). The predicted octanol–water partition coefficient (Wildman–Crippen LogP) is 5.53. The third-order valence-corrected chi connectivity index (χ3v) is 7.37. The zero-order chi connectivity index (χ0) is 23.7. The first kappa shape index (κ1) is 23.7. The number of amides is 2. The van der Waals surface area contributed by atoms with E-state index in [-0.39, 0.29) is 24.2 Å². The Morgan fingerprint density at radius 2 is 1.82 bits per heavy atom. The lowest BCUT2D eigenvalue weighted by atomic mass is 9.80. The Balaban J connectivity index is 1.41. The van der Waals surface area contributed by atoms with Crippen LogP contribution in [0.1, 0.15) is 70.7 Å². The van der Waals surface area contributed by atoms with E-state index in [1.807, 2.05) is 13.8 Å². The fraction of sp³-hybridized carbons (Fsp3) is 0.630. The van der Waals surface area contributed by atoms with E-state index in [1.54, 1.807) is 11.9 Å². The molecule has 1 aliphatic carbocycles. The lowest BCUT2D eigenvalue weighted by molar-refractivity contribution is -0.141. The van der Waals surface area contributed by atoms with Crippen molar-refractivity contribution in [3.05, 3.63) is 35.5 Å². The first-order chi connectivity index (χ1) is 15.8. The van der Waals surface area contributed by atoms with E-state index in [1.165, 1.54) is 22.2 Å². The smallest absolute Gasteiger partial charge is 0.409 e. The Kier molecular flexibility index (Phi) is 7.01. The highest BCUT2D eigenvalue weighted by Gasteiger charge is 2.38. The van der Waals surface area contributed by atoms with Gasteiger partial charge in [-0.3, -0.25) is 4.79 Å². The van der Waals surface area contributed by atoms with Gasteiger partial charge in [0.15, 0.2) is 0 Å². The standard InChI is InChI=1S/C27H39N3O3/c1-17(2)25-24-22(21-8-6-7-9-23(21)28-24)14-15-30(25)26(31)20-12-10-19(11-13-20)16-29(5)27(32)33-18(3)4/h6-9,17-20,25,28H,10-16H2,1-5H3/t19-,20-,25?. The number of para-hydroxylation sites is 1. The minimum Gasteiger partial charge on any atom is -0.447 e. The van der Waals surface area contributed by atoms with Crippen molar-refractivity contribution in [2.75, 3.05) is 20.1 Å². The SMILES string of the molecule is CC(C)OC(=O)N(C)C[C@H]1CC[C@H](C(=O)N2CCc3c([nH]c4ccccc34)C2C(C)C)CC1. The van der Waals surface area contributed by atoms with Crippen molar-refractivity contribution in [2.24, 2.45) is 17.8 Å². The molecule has 33 heavy (non-hydrogen) atoms. The van der Waals surface area contributed by atoms with Crippen molar-refractivity contribution in [3.8, 4) is 0 Å². The summed E-state index contributed by atoms with van der Waals surface area (Å²) in [5.74, 6) is 1.17. The summed E-state index contributed by atoms with van der Waals surface area (Å²) < 4.78 is 5.30. The summed E-state index contributed by atoms with van der Waals surface area (Å²) in [6.45, 7) is 9.66. The first-order valence-corrected chi connectivity index (χ1v) is 12.6. The number of H-pyrrole nitrogens is 1. The molecule has 1 N–H and O–H groups in total. The Morgan fingerprint density at radius 1 is 1.12 bits per heavy atom. The molecule has 1 saturated carbocycles. The lowest BCUT2D eigenvalue weighted by Gasteiger charge is -2.41. The molecule has 0 spiro atoms. The van der Waals surface area contributed by atoms with Gasteiger partial charge in [-0.2, -0.15) is 0 Å². The number of benzene rings is 1. The molecule has 2 heterocycles. The minimum atomic E-state index is -0.259. The maximum absolute atomic E-state index is 13.7. The summed E-state index contributed by atoms with van der Waals surface area (Å²) >= 11 is 0. The molecule has 2 aliphatic rings. The van der Waals surface area contributed by atoms with Gasteiger partial charge in [0.25, 0.3) is 0 Å². The van der Waals surface area contributed by atoms with Crippen LogP contribution in [0.2, 0.25) is 0 Å². The van der Waals surface area contributed by atoms with Crippen LogP contribution >= 0.6 is 0 Å². The number of ether oxygens (including phenoxy) is 1. The number of carbonyl (C=O) groups excluding carboxylic acids is 2. The molecule has 0 radical (unpaired) electrons. The largest absolute Gasteiger partial charge is 0.447 e. The van der Waals surface area contributed by atoms with Crippen LogP contribution in [0, 0.1) is 17.8 Å². The molecule has 1 aromatic heterocycles. The van der Waals surface area contributed by atoms with E-state index in [4.69, 9.17) is 4.74 Å². The van der Waals surface area contributed by atoms with E-state index in [2.05, 4.69) is 48.0 Å². The fourth-order valence-corrected chi connectivity index (χ4v) is 5.79. The molecule has 1 atom stereocenters. The van der Waals surface area contributed by atoms with Crippen LogP contribution in [0.3, 0.4) is 0 Å². The van der Waals surface area contributed by atoms with Gasteiger partial charge in [-0.1, -0.05) is 32.0 Å². The number of aromatic nitrogens is 1. The molecule has 0 bridgehead atoms. The Hall–Kier alpha value is -2.50. The summed E-state index contributed by atoms with van der Waals surface area (Å²) in [6.07, 6.45) is 4.30. The second-order valence-electron chi connectivity index (χ2n) is 10.6. The minimum absolute atomic E-state index is 0.0846. The predicted molar refractivity (Wildman–Crippen MR) is 131 cm³/mol. The van der Waals surface area contributed by atoms with Gasteiger partial charge in [0, 0.05) is 42.7 Å². The summed E-state index contributed by atoms with van der Waals surface area (Å²) in [6, 6.07) is 8.58. The Bertz CT molecular complexity index is 988. The molecule has 1 unspecified atom stereocenters. The van der Waals surface area contributed by atoms with Crippen molar-refractivity contribution >= 4 is 22.9 Å². The monoisotopic (exact) mass is 453 g/mol. The van der Waals surface area contributed by atoms with Crippen molar-refractivity contribution in [1.29, 1.82) is 0 Å². The summed E-state index contributed by atoms with van der Waals surface area (Å²) in [4.78, 5) is 33.3. The Morgan fingerprint density at radius 3 is 2.48 bits per heavy atom. The first-order valence-electron chi connectivity index (χ1n) is 12.6. The molecular formula is C27H39N3O3. The van der Waals surface area contributed by atoms with Crippen LogP contribution in [0.5, 0.6) is 0 Å². The molecule has 0 saturated heterocycles. The number of rotatable bonds is 5. The fourth-order valence-electron chi connectivity index (χ4n) is 5.79. The Labute approximate surface area is 197 Å². The van der Waals surface area contributed by atoms with Crippen LogP contribution in [-0.2, 0) is 16.0 Å². The van der Waals surface area contributed by atoms with E-state index in [9.17, 15) is 9.59 Å². The maximum Gasteiger partial charge on any atom is 0.409 e. The van der Waals surface area contributed by atoms with Gasteiger partial charge in [-0.25, -0.2) is 4.79 Å². The molecule has 1 aromatic carbocycles. The number of carbonyl (C=O) groups is 2. The molecule has 1 fully saturated rings. The van der Waals surface area contributed by atoms with Crippen molar-refractivity contribution in [1.82, 2.24) is 14.8 Å². The van der Waals surface area contributed by atoms with Crippen LogP contribution < -0.4 is 0 Å². The van der Waals surface area contributed by atoms with Gasteiger partial charge in [0.05, 0.1) is 12.1 Å². The normalized spacial score (nSPS) is 23.1. The quantitative estimate of drug-likeness (QED) is 0.647. The molecule has 180 valence electrons. The second-order valence-corrected chi connectivity index (χ2v) is 10.6. The molecular weight excluding hydrogens is 414 g/mol. The third-order valence-electron chi connectivity index (χ3n) is 7.37. The lowest BCUT2D eigenvalue weighted by Crippen LogP contribution is -2.46. The number of nitrogens with one attached hydrogen (secondary N) is 1. The number of hydrogen-bond donors (Lipinski definition) is 1. The van der Waals surface area contributed by atoms with Gasteiger partial charge in [-0.05, 0) is 69.4 Å². The van der Waals surface area contributed by atoms with E-state index < -0.39 is 0 Å². The van der Waals surface area contributed by atoms with E-state index >= 15 is 0 Å². The van der Waals surface area contributed by atoms with Crippen LogP contribution in [0.25, 0.3) is 10.9 Å². The summed E-state index contributed by atoms with van der Waals surface area (Å²) in [5.41, 5.74) is 3.78. The number of fused-ring (bicyclic) bond motifs is 3. The molecule has 1 aliphatic heterocycles. The summed E-state index contributed by atoms with van der Waals surface area (Å²) in [5, 5.41) is 1.30. The molecule has 2 amide bonds. The topological polar surface area (TPSA) is 65.6 Å². The zero-order valence-electron chi connectivity index (χ0n) is 20.8. The molecule has 6 nitrogen and oxygen atoms in total. The number of aromatic amines is 1. The highest BCUT2D eigenvalue weighted by atomic mass is 16.6. The van der Waals surface area contributed by atoms with Crippen LogP contribution in [0.15, 0.2) is 24.3 Å². The van der Waals surface area contributed by atoms with Crippen molar-refractivity contribution < 1.29 is 14.3 Å². The molecule has 6 heteroatoms. The third kappa shape index (κ3) is 4.90. The zero-order valence-corrected chi connectivity index (χ0v) is 20.8. The van der Waals surface area contributed by atoms with Gasteiger partial charge < -0.3 is 19.5 Å². The molecule has 2 aromatic rings. The average molecular weight is 454 g/mol. The number of hydrogen-bond acceptors (Lipinski definition) is 3. The van der Waals surface area contributed by atoms with Gasteiger partial charge in [-0.15, -0.1) is 0 Å². The highest BCUT2D eigenvalue weighted by Crippen LogP contribution is 2.40. The van der Waals surface area contributed by atoms with Crippen LogP contribution in [0.4, 0.5) is 4.79 Å². The second kappa shape index (κ2) is 9.78. The summed E-state index contributed by atoms with van der Waals surface area (Å²) in [7, 11) is 1.81. The maximum atomic E-state index is 13.7. The van der Waals surface area contributed by atoms with Gasteiger partial charge in [0.1, 0.15) is 0 Å². The van der Waals surface area contributed by atoms with E-state index in [0.29, 0.717) is 24.3 Å². The van der Waals surface area contributed by atoms with Crippen molar-refractivity contribution in [2.45, 2.75) is 71.9 Å².